The minimum Gasteiger partial charge on any atom is -0.481 e. The zero-order valence-corrected chi connectivity index (χ0v) is 9.21. The van der Waals surface area contributed by atoms with Crippen molar-refractivity contribution in [2.45, 2.75) is 12.6 Å². The minimum absolute atomic E-state index is 0.0759. The number of aromatic nitrogens is 3. The molecule has 2 rings (SSSR count). The highest BCUT2D eigenvalue weighted by Gasteiger charge is 2.38. The average Bonchev–Trinajstić information content (AvgIpc) is 2.68. The zero-order valence-electron chi connectivity index (χ0n) is 9.21. The summed E-state index contributed by atoms with van der Waals surface area (Å²) in [7, 11) is 1.41. The summed E-state index contributed by atoms with van der Waals surface area (Å²) in [6.45, 7) is 0. The maximum atomic E-state index is 12.1. The smallest absolute Gasteiger partial charge is 0.450 e. The Morgan fingerprint density at radius 3 is 2.72 bits per heavy atom. The van der Waals surface area contributed by atoms with E-state index in [1.165, 1.54) is 13.2 Å². The lowest BCUT2D eigenvalue weighted by Gasteiger charge is -2.01. The van der Waals surface area contributed by atoms with Crippen LogP contribution < -0.4 is 4.74 Å². The van der Waals surface area contributed by atoms with Crippen LogP contribution in [0.25, 0.3) is 11.2 Å². The summed E-state index contributed by atoms with van der Waals surface area (Å²) in [5, 5.41) is 0. The van der Waals surface area contributed by atoms with E-state index in [0.717, 1.165) is 0 Å². The zero-order chi connectivity index (χ0) is 13.3. The van der Waals surface area contributed by atoms with Crippen molar-refractivity contribution in [3.05, 3.63) is 18.0 Å². The van der Waals surface area contributed by atoms with Crippen LogP contribution in [0.15, 0.2) is 12.1 Å². The second-order valence-electron chi connectivity index (χ2n) is 3.51. The van der Waals surface area contributed by atoms with Gasteiger partial charge in [-0.25, -0.2) is 4.98 Å². The fourth-order valence-corrected chi connectivity index (χ4v) is 1.37. The van der Waals surface area contributed by atoms with E-state index >= 15 is 0 Å². The lowest BCUT2D eigenvalue weighted by atomic mass is 10.3. The van der Waals surface area contributed by atoms with Crippen LogP contribution in [0.3, 0.4) is 0 Å². The number of rotatable bonds is 3. The summed E-state index contributed by atoms with van der Waals surface area (Å²) in [5.41, 5.74) is 0.653. The van der Waals surface area contributed by atoms with Gasteiger partial charge in [0.15, 0.2) is 5.65 Å². The topological polar surface area (TPSA) is 67.9 Å². The predicted molar refractivity (Wildman–Crippen MR) is 55.2 cm³/mol. The molecule has 2 aromatic heterocycles. The number of ketones is 1. The van der Waals surface area contributed by atoms with Gasteiger partial charge in [-0.1, -0.05) is 0 Å². The van der Waals surface area contributed by atoms with E-state index in [0.29, 0.717) is 11.4 Å². The normalized spacial score (nSPS) is 11.8. The third-order valence-corrected chi connectivity index (χ3v) is 2.22. The average molecular weight is 259 g/mol. The van der Waals surface area contributed by atoms with Gasteiger partial charge in [0.2, 0.25) is 11.7 Å². The number of carbonyl (C=O) groups is 1. The second kappa shape index (κ2) is 4.28. The molecule has 0 radical (unpaired) electrons. The molecule has 0 fully saturated rings. The number of imidazole rings is 1. The van der Waals surface area contributed by atoms with Crippen LogP contribution in [0.2, 0.25) is 0 Å². The number of Topliss-reactive ketones (excluding diaryl/α,β-unsaturated/α-hetero) is 1. The molecule has 0 spiro atoms. The van der Waals surface area contributed by atoms with Crippen LogP contribution in [-0.4, -0.2) is 34.0 Å². The second-order valence-corrected chi connectivity index (χ2v) is 3.51. The van der Waals surface area contributed by atoms with Crippen LogP contribution in [0.5, 0.6) is 5.88 Å². The van der Waals surface area contributed by atoms with Crippen LogP contribution in [0.1, 0.15) is 5.82 Å². The van der Waals surface area contributed by atoms with Gasteiger partial charge in [0.1, 0.15) is 5.82 Å². The van der Waals surface area contributed by atoms with Crippen molar-refractivity contribution < 1.29 is 22.7 Å². The van der Waals surface area contributed by atoms with E-state index in [-0.39, 0.29) is 11.5 Å². The van der Waals surface area contributed by atoms with Crippen LogP contribution in [0, 0.1) is 0 Å². The number of methoxy groups -OCH3 is 1. The largest absolute Gasteiger partial charge is 0.481 e. The molecule has 96 valence electrons. The summed E-state index contributed by atoms with van der Waals surface area (Å²) < 4.78 is 41.1. The Hall–Kier alpha value is -2.12. The fourth-order valence-electron chi connectivity index (χ4n) is 1.37. The summed E-state index contributed by atoms with van der Waals surface area (Å²) in [6.07, 6.45) is -5.69. The van der Waals surface area contributed by atoms with Gasteiger partial charge in [0.05, 0.1) is 19.0 Å². The van der Waals surface area contributed by atoms with Crippen LogP contribution >= 0.6 is 0 Å². The van der Waals surface area contributed by atoms with Crippen LogP contribution in [-0.2, 0) is 11.2 Å². The molecule has 2 heterocycles. The van der Waals surface area contributed by atoms with Crippen LogP contribution in [0.4, 0.5) is 13.2 Å². The molecule has 0 amide bonds. The van der Waals surface area contributed by atoms with Crippen molar-refractivity contribution in [1.29, 1.82) is 0 Å². The molecule has 0 unspecified atom stereocenters. The summed E-state index contributed by atoms with van der Waals surface area (Å²) in [5.74, 6) is -1.63. The van der Waals surface area contributed by atoms with Crippen molar-refractivity contribution in [1.82, 2.24) is 15.0 Å². The molecule has 0 aliphatic heterocycles. The molecule has 18 heavy (non-hydrogen) atoms. The lowest BCUT2D eigenvalue weighted by molar-refractivity contribution is -0.170. The standard InChI is InChI=1S/C10H8F3N3O2/c1-18-8-3-2-5-9(16-8)15-7(14-5)4-6(17)10(11,12)13/h2-3H,4H2,1H3,(H,14,15,16). The number of nitrogens with zero attached hydrogens (tertiary/aromatic N) is 2. The van der Waals surface area contributed by atoms with Gasteiger partial charge < -0.3 is 9.72 Å². The Bertz CT molecular complexity index is 592. The number of hydrogen-bond donors (Lipinski definition) is 1. The van der Waals surface area contributed by atoms with Gasteiger partial charge >= 0.3 is 6.18 Å². The minimum atomic E-state index is -4.86. The first-order valence-electron chi connectivity index (χ1n) is 4.90. The molecule has 0 atom stereocenters. The van der Waals surface area contributed by atoms with Crippen molar-refractivity contribution in [2.24, 2.45) is 0 Å². The number of nitrogens with one attached hydrogen (secondary N) is 1. The molecule has 0 saturated carbocycles. The molecule has 0 aliphatic rings. The monoisotopic (exact) mass is 259 g/mol. The van der Waals surface area contributed by atoms with E-state index in [2.05, 4.69) is 15.0 Å². The molecule has 5 nitrogen and oxygen atoms in total. The first-order chi connectivity index (χ1) is 8.40. The molecule has 2 aromatic rings. The summed E-state index contributed by atoms with van der Waals surface area (Å²) in [4.78, 5) is 21.1. The Morgan fingerprint density at radius 2 is 2.11 bits per heavy atom. The number of alkyl halides is 3. The summed E-state index contributed by atoms with van der Waals surface area (Å²) in [6, 6.07) is 3.10. The SMILES string of the molecule is COc1ccc2[nH]c(CC(=O)C(F)(F)F)nc2n1. The van der Waals surface area contributed by atoms with Gasteiger partial charge in [0.25, 0.3) is 0 Å². The van der Waals surface area contributed by atoms with E-state index < -0.39 is 18.4 Å². The Labute approximate surface area is 99.0 Å². The first-order valence-corrected chi connectivity index (χ1v) is 4.90. The van der Waals surface area contributed by atoms with Gasteiger partial charge in [0, 0.05) is 6.07 Å². The molecule has 0 bridgehead atoms. The van der Waals surface area contributed by atoms with Crippen molar-refractivity contribution in [3.8, 4) is 5.88 Å². The highest BCUT2D eigenvalue weighted by atomic mass is 19.4. The van der Waals surface area contributed by atoms with Gasteiger partial charge in [-0.3, -0.25) is 4.79 Å². The van der Waals surface area contributed by atoms with Gasteiger partial charge in [-0.2, -0.15) is 18.2 Å². The third-order valence-electron chi connectivity index (χ3n) is 2.22. The van der Waals surface area contributed by atoms with Gasteiger partial charge in [-0.15, -0.1) is 0 Å². The Balaban J connectivity index is 2.28. The molecule has 1 N–H and O–H groups in total. The van der Waals surface area contributed by atoms with Crippen molar-refractivity contribution in [3.63, 3.8) is 0 Å². The first kappa shape index (κ1) is 12.3. The lowest BCUT2D eigenvalue weighted by Crippen LogP contribution is -2.24. The third kappa shape index (κ3) is 2.41. The highest BCUT2D eigenvalue weighted by molar-refractivity contribution is 5.86. The van der Waals surface area contributed by atoms with Crippen molar-refractivity contribution >= 4 is 16.9 Å². The Kier molecular flexibility index (Phi) is 2.93. The number of ether oxygens (including phenoxy) is 1. The number of fused-ring (bicyclic) bond motifs is 1. The quantitative estimate of drug-likeness (QED) is 0.909. The molecule has 8 heteroatoms. The van der Waals surface area contributed by atoms with E-state index in [1.54, 1.807) is 6.07 Å². The fraction of sp³-hybridized carbons (Fsp3) is 0.300. The van der Waals surface area contributed by atoms with E-state index in [1.807, 2.05) is 0 Å². The number of H-pyrrole nitrogens is 1. The predicted octanol–water partition coefficient (Wildman–Crippen LogP) is 1.64. The number of carbonyl (C=O) groups excluding carboxylic acids is 1. The van der Waals surface area contributed by atoms with E-state index in [9.17, 15) is 18.0 Å². The molecular formula is C10H8F3N3O2. The number of halogens is 3. The maximum absolute atomic E-state index is 12.1. The summed E-state index contributed by atoms with van der Waals surface area (Å²) >= 11 is 0. The number of pyridine rings is 1. The molecular weight excluding hydrogens is 251 g/mol. The Morgan fingerprint density at radius 1 is 1.39 bits per heavy atom. The molecule has 0 aromatic carbocycles. The molecule has 0 saturated heterocycles. The maximum Gasteiger partial charge on any atom is 0.450 e. The number of aromatic amines is 1. The van der Waals surface area contributed by atoms with Gasteiger partial charge in [-0.05, 0) is 6.07 Å². The van der Waals surface area contributed by atoms with E-state index in [4.69, 9.17) is 4.74 Å². The van der Waals surface area contributed by atoms with Crippen molar-refractivity contribution in [2.75, 3.05) is 7.11 Å². The molecule has 0 aliphatic carbocycles. The highest BCUT2D eigenvalue weighted by Crippen LogP contribution is 2.19. The number of hydrogen-bond acceptors (Lipinski definition) is 4.